The number of allylic oxidation sites excluding steroid dienone is 2. The minimum Gasteiger partial charge on any atom is -0.399 e. The normalized spacial score (nSPS) is 12.4. The molecule has 0 aliphatic heterocycles. The van der Waals surface area contributed by atoms with E-state index in [4.69, 9.17) is 5.73 Å². The number of hydrogen-bond donors (Lipinski definition) is 1. The standard InChI is InChI=1S/C15H14FN3S/c1-2-12(17)9-14(15-18-7-8-20-15)19-10-11-5-3-4-6-13(11)16/h2-9H,1,10,17H2/b12-9-,19-14?. The van der Waals surface area contributed by atoms with Gasteiger partial charge in [-0.05, 0) is 18.2 Å². The van der Waals surface area contributed by atoms with Gasteiger partial charge in [-0.2, -0.15) is 0 Å². The molecule has 1 aromatic heterocycles. The molecule has 3 nitrogen and oxygen atoms in total. The van der Waals surface area contributed by atoms with Crippen molar-refractivity contribution in [3.05, 3.63) is 76.7 Å². The third-order valence-electron chi connectivity index (χ3n) is 2.57. The van der Waals surface area contributed by atoms with Crippen LogP contribution in [-0.4, -0.2) is 10.7 Å². The minimum absolute atomic E-state index is 0.239. The quantitative estimate of drug-likeness (QED) is 0.677. The van der Waals surface area contributed by atoms with Crippen molar-refractivity contribution in [3.8, 4) is 0 Å². The van der Waals surface area contributed by atoms with Gasteiger partial charge in [-0.15, -0.1) is 11.3 Å². The Morgan fingerprint density at radius 2 is 2.25 bits per heavy atom. The van der Waals surface area contributed by atoms with Gasteiger partial charge in [-0.3, -0.25) is 4.99 Å². The van der Waals surface area contributed by atoms with Crippen LogP contribution in [0.1, 0.15) is 10.6 Å². The van der Waals surface area contributed by atoms with Gasteiger partial charge in [0.15, 0.2) is 0 Å². The molecule has 2 rings (SSSR count). The molecule has 0 unspecified atom stereocenters. The molecule has 0 radical (unpaired) electrons. The number of benzene rings is 1. The second kappa shape index (κ2) is 6.77. The van der Waals surface area contributed by atoms with Gasteiger partial charge in [0.1, 0.15) is 10.8 Å². The maximum absolute atomic E-state index is 13.6. The first-order valence-corrected chi connectivity index (χ1v) is 6.86. The highest BCUT2D eigenvalue weighted by Crippen LogP contribution is 2.12. The van der Waals surface area contributed by atoms with E-state index >= 15 is 0 Å². The van der Waals surface area contributed by atoms with E-state index in [9.17, 15) is 4.39 Å². The minimum atomic E-state index is -0.268. The topological polar surface area (TPSA) is 51.3 Å². The molecule has 2 aromatic rings. The Morgan fingerprint density at radius 1 is 1.45 bits per heavy atom. The number of hydrogen-bond acceptors (Lipinski definition) is 4. The number of thiazole rings is 1. The first-order chi connectivity index (χ1) is 9.70. The molecule has 0 amide bonds. The molecular formula is C15H14FN3S. The molecule has 1 aromatic carbocycles. The second-order valence-corrected chi connectivity index (χ2v) is 4.87. The lowest BCUT2D eigenvalue weighted by Crippen LogP contribution is -2.03. The fourth-order valence-corrected chi connectivity index (χ4v) is 2.16. The molecule has 0 fully saturated rings. The van der Waals surface area contributed by atoms with E-state index in [0.717, 1.165) is 5.01 Å². The van der Waals surface area contributed by atoms with Crippen molar-refractivity contribution in [2.24, 2.45) is 10.7 Å². The van der Waals surface area contributed by atoms with Crippen LogP contribution in [0.25, 0.3) is 0 Å². The zero-order valence-electron chi connectivity index (χ0n) is 10.8. The first kappa shape index (κ1) is 14.1. The highest BCUT2D eigenvalue weighted by Gasteiger charge is 2.05. The predicted octanol–water partition coefficient (Wildman–Crippen LogP) is 3.30. The second-order valence-electron chi connectivity index (χ2n) is 3.98. The van der Waals surface area contributed by atoms with Gasteiger partial charge in [0.25, 0.3) is 0 Å². The third kappa shape index (κ3) is 3.61. The van der Waals surface area contributed by atoms with Crippen molar-refractivity contribution < 1.29 is 4.39 Å². The van der Waals surface area contributed by atoms with Gasteiger partial charge in [0, 0.05) is 22.8 Å². The Hall–Kier alpha value is -2.27. The number of rotatable bonds is 5. The number of aromatic nitrogens is 1. The van der Waals surface area contributed by atoms with E-state index in [0.29, 0.717) is 17.0 Å². The van der Waals surface area contributed by atoms with Crippen LogP contribution in [0.4, 0.5) is 4.39 Å². The molecule has 0 saturated heterocycles. The Morgan fingerprint density at radius 3 is 2.90 bits per heavy atom. The lowest BCUT2D eigenvalue weighted by molar-refractivity contribution is 0.611. The SMILES string of the molecule is C=C/C(N)=C/C(=NCc1ccccc1F)c1nccs1. The summed E-state index contributed by atoms with van der Waals surface area (Å²) in [6.45, 7) is 3.84. The van der Waals surface area contributed by atoms with Crippen molar-refractivity contribution in [1.29, 1.82) is 0 Å². The molecule has 2 N–H and O–H groups in total. The summed E-state index contributed by atoms with van der Waals surface area (Å²) in [7, 11) is 0. The average Bonchev–Trinajstić information content (AvgIpc) is 2.98. The van der Waals surface area contributed by atoms with Crippen molar-refractivity contribution in [2.75, 3.05) is 0 Å². The molecule has 5 heteroatoms. The molecule has 0 atom stereocenters. The van der Waals surface area contributed by atoms with Crippen LogP contribution in [0, 0.1) is 5.82 Å². The summed E-state index contributed by atoms with van der Waals surface area (Å²) in [6.07, 6.45) is 4.91. The summed E-state index contributed by atoms with van der Waals surface area (Å²) < 4.78 is 13.6. The van der Waals surface area contributed by atoms with Gasteiger partial charge in [-0.25, -0.2) is 9.37 Å². The predicted molar refractivity (Wildman–Crippen MR) is 81.2 cm³/mol. The maximum atomic E-state index is 13.6. The van der Waals surface area contributed by atoms with Crippen molar-refractivity contribution in [1.82, 2.24) is 4.98 Å². The number of halogens is 1. The average molecular weight is 287 g/mol. The Bertz CT molecular complexity index is 645. The summed E-state index contributed by atoms with van der Waals surface area (Å²) in [5.41, 5.74) is 7.40. The van der Waals surface area contributed by atoms with Crippen LogP contribution in [0.15, 0.2) is 65.3 Å². The van der Waals surface area contributed by atoms with Crippen LogP contribution < -0.4 is 5.73 Å². The van der Waals surface area contributed by atoms with Crippen LogP contribution in [0.3, 0.4) is 0 Å². The van der Waals surface area contributed by atoms with Crippen molar-refractivity contribution >= 4 is 17.0 Å². The molecule has 0 aliphatic carbocycles. The molecular weight excluding hydrogens is 273 g/mol. The molecule has 0 saturated carbocycles. The number of nitrogens with two attached hydrogens (primary N) is 1. The fourth-order valence-electron chi connectivity index (χ4n) is 1.54. The van der Waals surface area contributed by atoms with Gasteiger partial charge in [-0.1, -0.05) is 24.8 Å². The zero-order chi connectivity index (χ0) is 14.4. The summed E-state index contributed by atoms with van der Waals surface area (Å²) in [5, 5.41) is 2.59. The molecule has 0 aliphatic rings. The summed E-state index contributed by atoms with van der Waals surface area (Å²) in [5.74, 6) is -0.268. The summed E-state index contributed by atoms with van der Waals surface area (Å²) >= 11 is 1.45. The van der Waals surface area contributed by atoms with Crippen LogP contribution in [0.2, 0.25) is 0 Å². The van der Waals surface area contributed by atoms with Crippen LogP contribution in [0.5, 0.6) is 0 Å². The van der Waals surface area contributed by atoms with E-state index in [1.165, 1.54) is 23.5 Å². The molecule has 20 heavy (non-hydrogen) atoms. The van der Waals surface area contributed by atoms with E-state index in [-0.39, 0.29) is 12.4 Å². The van der Waals surface area contributed by atoms with E-state index in [1.807, 2.05) is 5.38 Å². The molecule has 0 bridgehead atoms. The Balaban J connectivity index is 2.30. The fraction of sp³-hybridized carbons (Fsp3) is 0.0667. The summed E-state index contributed by atoms with van der Waals surface area (Å²) in [6, 6.07) is 6.56. The van der Waals surface area contributed by atoms with Crippen LogP contribution >= 0.6 is 11.3 Å². The van der Waals surface area contributed by atoms with Gasteiger partial charge < -0.3 is 5.73 Å². The number of aliphatic imine (C=N–C) groups is 1. The van der Waals surface area contributed by atoms with Gasteiger partial charge in [0.05, 0.1) is 12.3 Å². The van der Waals surface area contributed by atoms with Gasteiger partial charge >= 0.3 is 0 Å². The highest BCUT2D eigenvalue weighted by molar-refractivity contribution is 7.11. The van der Waals surface area contributed by atoms with Gasteiger partial charge in [0.2, 0.25) is 0 Å². The van der Waals surface area contributed by atoms with Crippen molar-refractivity contribution in [2.45, 2.75) is 6.54 Å². The van der Waals surface area contributed by atoms with Crippen molar-refractivity contribution in [3.63, 3.8) is 0 Å². The molecule has 0 spiro atoms. The first-order valence-electron chi connectivity index (χ1n) is 5.98. The summed E-state index contributed by atoms with van der Waals surface area (Å²) in [4.78, 5) is 8.60. The lowest BCUT2D eigenvalue weighted by Gasteiger charge is -2.02. The lowest BCUT2D eigenvalue weighted by atomic mass is 10.2. The van der Waals surface area contributed by atoms with E-state index in [1.54, 1.807) is 30.5 Å². The largest absolute Gasteiger partial charge is 0.399 e. The van der Waals surface area contributed by atoms with Crippen LogP contribution in [-0.2, 0) is 6.54 Å². The Labute approximate surface area is 121 Å². The smallest absolute Gasteiger partial charge is 0.141 e. The zero-order valence-corrected chi connectivity index (χ0v) is 11.6. The number of nitrogens with zero attached hydrogens (tertiary/aromatic N) is 2. The Kier molecular flexibility index (Phi) is 4.79. The molecule has 1 heterocycles. The van der Waals surface area contributed by atoms with E-state index < -0.39 is 0 Å². The maximum Gasteiger partial charge on any atom is 0.141 e. The monoisotopic (exact) mass is 287 g/mol. The molecule has 102 valence electrons. The van der Waals surface area contributed by atoms with E-state index in [2.05, 4.69) is 16.6 Å². The highest BCUT2D eigenvalue weighted by atomic mass is 32.1. The third-order valence-corrected chi connectivity index (χ3v) is 3.36.